The number of hydrogen-bond acceptors (Lipinski definition) is 5. The van der Waals surface area contributed by atoms with Crippen LogP contribution >= 0.6 is 11.6 Å². The van der Waals surface area contributed by atoms with Gasteiger partial charge in [-0.3, -0.25) is 9.59 Å². The van der Waals surface area contributed by atoms with Crippen LogP contribution < -0.4 is 0 Å². The lowest BCUT2D eigenvalue weighted by Gasteiger charge is -2.35. The Labute approximate surface area is 179 Å². The number of benzene rings is 2. The Balaban J connectivity index is 1.32. The highest BCUT2D eigenvalue weighted by Gasteiger charge is 2.25. The van der Waals surface area contributed by atoms with Crippen LogP contribution in [-0.4, -0.2) is 57.9 Å². The minimum Gasteiger partial charge on any atom is -0.339 e. The van der Waals surface area contributed by atoms with E-state index in [2.05, 4.69) is 10.1 Å². The molecule has 154 valence electrons. The number of halogens is 1. The van der Waals surface area contributed by atoms with E-state index < -0.39 is 0 Å². The number of amides is 2. The molecule has 0 bridgehead atoms. The molecule has 1 saturated heterocycles. The first-order valence-electron chi connectivity index (χ1n) is 9.72. The minimum absolute atomic E-state index is 0.0457. The number of aromatic nitrogens is 2. The lowest BCUT2D eigenvalue weighted by atomic mass is 10.1. The zero-order valence-electron chi connectivity index (χ0n) is 16.5. The van der Waals surface area contributed by atoms with Gasteiger partial charge in [-0.2, -0.15) is 4.98 Å². The molecule has 2 aromatic carbocycles. The van der Waals surface area contributed by atoms with E-state index in [1.165, 1.54) is 0 Å². The number of hydrogen-bond donors (Lipinski definition) is 0. The summed E-state index contributed by atoms with van der Waals surface area (Å²) in [7, 11) is 0. The Hall–Kier alpha value is -3.19. The summed E-state index contributed by atoms with van der Waals surface area (Å²) in [5, 5.41) is 4.54. The normalized spacial score (nSPS) is 14.1. The third kappa shape index (κ3) is 4.52. The summed E-state index contributed by atoms with van der Waals surface area (Å²) in [6.45, 7) is 3.80. The topological polar surface area (TPSA) is 79.5 Å². The van der Waals surface area contributed by atoms with Crippen LogP contribution in [0.15, 0.2) is 53.1 Å². The summed E-state index contributed by atoms with van der Waals surface area (Å²) < 4.78 is 4.99. The van der Waals surface area contributed by atoms with Crippen molar-refractivity contribution in [1.82, 2.24) is 19.9 Å². The van der Waals surface area contributed by atoms with E-state index in [0.717, 1.165) is 11.1 Å². The molecule has 1 fully saturated rings. The highest BCUT2D eigenvalue weighted by Crippen LogP contribution is 2.18. The highest BCUT2D eigenvalue weighted by atomic mass is 35.5. The van der Waals surface area contributed by atoms with Crippen LogP contribution in [-0.2, 0) is 11.2 Å². The van der Waals surface area contributed by atoms with Crippen LogP contribution in [0.1, 0.15) is 21.8 Å². The van der Waals surface area contributed by atoms with Gasteiger partial charge in [0.25, 0.3) is 5.91 Å². The second kappa shape index (κ2) is 8.67. The van der Waals surface area contributed by atoms with Crippen molar-refractivity contribution in [2.45, 2.75) is 13.3 Å². The predicted octanol–water partition coefficient (Wildman–Crippen LogP) is 3.23. The number of aryl methyl sites for hydroxylation is 1. The summed E-state index contributed by atoms with van der Waals surface area (Å²) in [5.41, 5.74) is 2.32. The molecule has 0 N–H and O–H groups in total. The summed E-state index contributed by atoms with van der Waals surface area (Å²) in [5.74, 6) is 1.01. The molecule has 0 aliphatic carbocycles. The fraction of sp³-hybridized carbons (Fsp3) is 0.273. The van der Waals surface area contributed by atoms with E-state index in [9.17, 15) is 9.59 Å². The maximum Gasteiger partial charge on any atom is 0.253 e. The maximum absolute atomic E-state index is 12.8. The van der Waals surface area contributed by atoms with Crippen molar-refractivity contribution in [1.29, 1.82) is 0 Å². The second-order valence-electron chi connectivity index (χ2n) is 7.19. The minimum atomic E-state index is -0.0457. The average molecular weight is 425 g/mol. The molecular weight excluding hydrogens is 404 g/mol. The van der Waals surface area contributed by atoms with Gasteiger partial charge < -0.3 is 14.3 Å². The molecule has 7 nitrogen and oxygen atoms in total. The van der Waals surface area contributed by atoms with E-state index in [-0.39, 0.29) is 11.8 Å². The molecule has 0 spiro atoms. The quantitative estimate of drug-likeness (QED) is 0.642. The van der Waals surface area contributed by atoms with Crippen molar-refractivity contribution in [3.63, 3.8) is 0 Å². The molecule has 0 saturated carbocycles. The Kier molecular flexibility index (Phi) is 5.81. The van der Waals surface area contributed by atoms with Crippen LogP contribution in [0.5, 0.6) is 0 Å². The fourth-order valence-corrected chi connectivity index (χ4v) is 3.53. The van der Waals surface area contributed by atoms with Gasteiger partial charge in [-0.1, -0.05) is 41.0 Å². The molecule has 3 aromatic rings. The van der Waals surface area contributed by atoms with Gasteiger partial charge in [0, 0.05) is 49.3 Å². The van der Waals surface area contributed by atoms with Crippen molar-refractivity contribution in [3.8, 4) is 11.4 Å². The number of nitrogens with zero attached hydrogens (tertiary/aromatic N) is 4. The van der Waals surface area contributed by atoms with Crippen LogP contribution in [0, 0.1) is 6.92 Å². The SMILES string of the molecule is Cc1nc(-c2ccc(C(=O)N3CCN(C(=O)Cc4ccc(Cl)cc4)CC3)cc2)no1. The monoisotopic (exact) mass is 424 g/mol. The fourth-order valence-electron chi connectivity index (χ4n) is 3.41. The van der Waals surface area contributed by atoms with Crippen molar-refractivity contribution >= 4 is 23.4 Å². The number of carbonyl (C=O) groups excluding carboxylic acids is 2. The standard InChI is InChI=1S/C22H21ClN4O3/c1-15-24-21(25-30-15)17-4-6-18(7-5-17)22(29)27-12-10-26(11-13-27)20(28)14-16-2-8-19(23)9-3-16/h2-9H,10-14H2,1H3. The van der Waals surface area contributed by atoms with Crippen LogP contribution in [0.25, 0.3) is 11.4 Å². The zero-order chi connectivity index (χ0) is 21.1. The van der Waals surface area contributed by atoms with Gasteiger partial charge in [0.1, 0.15) is 0 Å². The molecule has 30 heavy (non-hydrogen) atoms. The van der Waals surface area contributed by atoms with E-state index >= 15 is 0 Å². The average Bonchev–Trinajstić information content (AvgIpc) is 3.21. The van der Waals surface area contributed by atoms with Crippen LogP contribution in [0.4, 0.5) is 0 Å². The molecule has 1 aliphatic rings. The van der Waals surface area contributed by atoms with Crippen molar-refractivity contribution in [2.24, 2.45) is 0 Å². The maximum atomic E-state index is 12.8. The molecule has 0 atom stereocenters. The van der Waals surface area contributed by atoms with E-state index in [1.54, 1.807) is 41.0 Å². The molecular formula is C22H21ClN4O3. The first-order chi connectivity index (χ1) is 14.5. The summed E-state index contributed by atoms with van der Waals surface area (Å²) >= 11 is 5.89. The number of rotatable bonds is 4. The van der Waals surface area contributed by atoms with Gasteiger partial charge in [0.05, 0.1) is 6.42 Å². The smallest absolute Gasteiger partial charge is 0.253 e. The Morgan fingerprint density at radius 3 is 2.20 bits per heavy atom. The third-order valence-electron chi connectivity index (χ3n) is 5.11. The second-order valence-corrected chi connectivity index (χ2v) is 7.63. The molecule has 0 unspecified atom stereocenters. The Bertz CT molecular complexity index is 1040. The van der Waals surface area contributed by atoms with Gasteiger partial charge in [0.15, 0.2) is 0 Å². The third-order valence-corrected chi connectivity index (χ3v) is 5.36. The molecule has 2 heterocycles. The summed E-state index contributed by atoms with van der Waals surface area (Å²) in [6.07, 6.45) is 0.335. The largest absolute Gasteiger partial charge is 0.339 e. The zero-order valence-corrected chi connectivity index (χ0v) is 17.3. The summed E-state index contributed by atoms with van der Waals surface area (Å²) in [6, 6.07) is 14.4. The lowest BCUT2D eigenvalue weighted by Crippen LogP contribution is -2.51. The molecule has 0 radical (unpaired) electrons. The molecule has 4 rings (SSSR count). The molecule has 8 heteroatoms. The lowest BCUT2D eigenvalue weighted by molar-refractivity contribution is -0.131. The Morgan fingerprint density at radius 1 is 0.967 bits per heavy atom. The van der Waals surface area contributed by atoms with E-state index in [0.29, 0.717) is 54.9 Å². The van der Waals surface area contributed by atoms with Crippen LogP contribution in [0.2, 0.25) is 5.02 Å². The van der Waals surface area contributed by atoms with Gasteiger partial charge in [-0.25, -0.2) is 0 Å². The van der Waals surface area contributed by atoms with E-state index in [4.69, 9.17) is 16.1 Å². The van der Waals surface area contributed by atoms with Crippen molar-refractivity contribution in [3.05, 3.63) is 70.6 Å². The first kappa shape index (κ1) is 20.1. The molecule has 1 aliphatic heterocycles. The van der Waals surface area contributed by atoms with E-state index in [1.807, 2.05) is 24.3 Å². The van der Waals surface area contributed by atoms with Crippen molar-refractivity contribution in [2.75, 3.05) is 26.2 Å². The van der Waals surface area contributed by atoms with Gasteiger partial charge in [-0.05, 0) is 29.8 Å². The summed E-state index contributed by atoms with van der Waals surface area (Å²) in [4.78, 5) is 33.1. The predicted molar refractivity (Wildman–Crippen MR) is 112 cm³/mol. The Morgan fingerprint density at radius 2 is 1.60 bits per heavy atom. The van der Waals surface area contributed by atoms with Gasteiger partial charge in [0.2, 0.25) is 17.6 Å². The molecule has 2 amide bonds. The first-order valence-corrected chi connectivity index (χ1v) is 10.1. The molecule has 1 aromatic heterocycles. The van der Waals surface area contributed by atoms with Crippen LogP contribution in [0.3, 0.4) is 0 Å². The van der Waals surface area contributed by atoms with Gasteiger partial charge >= 0.3 is 0 Å². The number of carbonyl (C=O) groups is 2. The van der Waals surface area contributed by atoms with Gasteiger partial charge in [-0.15, -0.1) is 0 Å². The van der Waals surface area contributed by atoms with Crippen molar-refractivity contribution < 1.29 is 14.1 Å². The number of piperazine rings is 1. The highest BCUT2D eigenvalue weighted by molar-refractivity contribution is 6.30.